The molecule has 0 spiro atoms. The number of aliphatic hydroxyl groups excluding tert-OH is 1. The van der Waals surface area contributed by atoms with E-state index in [1.54, 1.807) is 0 Å². The summed E-state index contributed by atoms with van der Waals surface area (Å²) in [4.78, 5) is -0.469. The van der Waals surface area contributed by atoms with Crippen molar-refractivity contribution in [1.29, 1.82) is 0 Å². The summed E-state index contributed by atoms with van der Waals surface area (Å²) in [7, 11) is -4.01. The first-order valence-corrected chi connectivity index (χ1v) is 7.42. The number of rotatable bonds is 6. The molecule has 19 heavy (non-hydrogen) atoms. The summed E-state index contributed by atoms with van der Waals surface area (Å²) in [5.41, 5.74) is 5.52. The van der Waals surface area contributed by atoms with Gasteiger partial charge < -0.3 is 10.8 Å². The van der Waals surface area contributed by atoms with Crippen LogP contribution in [-0.4, -0.2) is 26.2 Å². The van der Waals surface area contributed by atoms with E-state index in [9.17, 15) is 12.8 Å². The minimum absolute atomic E-state index is 0.150. The zero-order chi connectivity index (χ0) is 14.6. The first-order valence-electron chi connectivity index (χ1n) is 5.94. The van der Waals surface area contributed by atoms with Crippen molar-refractivity contribution in [3.05, 3.63) is 24.0 Å². The molecule has 1 atom stereocenters. The quantitative estimate of drug-likeness (QED) is 0.684. The van der Waals surface area contributed by atoms with Crippen molar-refractivity contribution in [3.63, 3.8) is 0 Å². The highest BCUT2D eigenvalue weighted by molar-refractivity contribution is 7.89. The Labute approximate surface area is 112 Å². The van der Waals surface area contributed by atoms with E-state index in [0.29, 0.717) is 6.42 Å². The summed E-state index contributed by atoms with van der Waals surface area (Å²) in [6, 6.07) is 2.73. The number of hydrogen-bond acceptors (Lipinski definition) is 4. The lowest BCUT2D eigenvalue weighted by atomic mass is 10.1. The van der Waals surface area contributed by atoms with Crippen molar-refractivity contribution in [2.75, 3.05) is 12.3 Å². The van der Waals surface area contributed by atoms with Crippen molar-refractivity contribution in [3.8, 4) is 0 Å². The standard InChI is InChI=1S/C12H19FN2O3S/c1-8(2)5-10(7-16)15-19(17,18)12-4-3-9(14)6-11(12)13/h3-4,6,8,10,15-16H,5,7,14H2,1-2H3. The molecule has 0 aliphatic heterocycles. The van der Waals surface area contributed by atoms with Gasteiger partial charge in [-0.2, -0.15) is 0 Å². The summed E-state index contributed by atoms with van der Waals surface area (Å²) in [5, 5.41) is 9.16. The van der Waals surface area contributed by atoms with Crippen LogP contribution in [-0.2, 0) is 10.0 Å². The Morgan fingerprint density at radius 3 is 2.53 bits per heavy atom. The number of benzene rings is 1. The number of anilines is 1. The molecule has 1 aromatic carbocycles. The van der Waals surface area contributed by atoms with Gasteiger partial charge in [0.15, 0.2) is 0 Å². The molecule has 1 aromatic rings. The van der Waals surface area contributed by atoms with Crippen LogP contribution in [0.5, 0.6) is 0 Å². The molecule has 7 heteroatoms. The minimum Gasteiger partial charge on any atom is -0.399 e. The normalized spacial score (nSPS) is 13.7. The zero-order valence-corrected chi connectivity index (χ0v) is 11.7. The number of hydrogen-bond donors (Lipinski definition) is 3. The predicted octanol–water partition coefficient (Wildman–Crippen LogP) is 1.09. The maximum absolute atomic E-state index is 13.6. The highest BCUT2D eigenvalue weighted by Gasteiger charge is 2.23. The lowest BCUT2D eigenvalue weighted by molar-refractivity contribution is 0.240. The van der Waals surface area contributed by atoms with Crippen LogP contribution in [0.4, 0.5) is 10.1 Å². The molecule has 0 saturated carbocycles. The fraction of sp³-hybridized carbons (Fsp3) is 0.500. The molecule has 0 bridgehead atoms. The Morgan fingerprint density at radius 1 is 1.42 bits per heavy atom. The molecule has 1 unspecified atom stereocenters. The first-order chi connectivity index (χ1) is 8.76. The largest absolute Gasteiger partial charge is 0.399 e. The lowest BCUT2D eigenvalue weighted by Gasteiger charge is -2.18. The Bertz CT molecular complexity index is 532. The van der Waals surface area contributed by atoms with E-state index in [2.05, 4.69) is 4.72 Å². The third-order valence-corrected chi connectivity index (χ3v) is 4.10. The maximum Gasteiger partial charge on any atom is 0.243 e. The van der Waals surface area contributed by atoms with E-state index in [1.165, 1.54) is 6.07 Å². The summed E-state index contributed by atoms with van der Waals surface area (Å²) in [6.45, 7) is 3.47. The van der Waals surface area contributed by atoms with E-state index in [-0.39, 0.29) is 18.2 Å². The highest BCUT2D eigenvalue weighted by atomic mass is 32.2. The van der Waals surface area contributed by atoms with Gasteiger partial charge in [0, 0.05) is 11.7 Å². The SMILES string of the molecule is CC(C)CC(CO)NS(=O)(=O)c1ccc(N)cc1F. The molecule has 0 fully saturated rings. The number of sulfonamides is 1. The van der Waals surface area contributed by atoms with E-state index in [4.69, 9.17) is 10.8 Å². The molecule has 4 N–H and O–H groups in total. The van der Waals surface area contributed by atoms with Gasteiger partial charge in [-0.15, -0.1) is 0 Å². The van der Waals surface area contributed by atoms with Crippen molar-refractivity contribution < 1.29 is 17.9 Å². The average Bonchev–Trinajstić information content (AvgIpc) is 2.26. The van der Waals surface area contributed by atoms with Crippen molar-refractivity contribution in [2.45, 2.75) is 31.2 Å². The number of nitrogens with two attached hydrogens (primary N) is 1. The van der Waals surface area contributed by atoms with Gasteiger partial charge >= 0.3 is 0 Å². The van der Waals surface area contributed by atoms with Gasteiger partial charge in [0.1, 0.15) is 10.7 Å². The number of aliphatic hydroxyl groups is 1. The van der Waals surface area contributed by atoms with Crippen LogP contribution in [0.3, 0.4) is 0 Å². The zero-order valence-electron chi connectivity index (χ0n) is 10.9. The van der Waals surface area contributed by atoms with Crippen LogP contribution in [0.2, 0.25) is 0 Å². The highest BCUT2D eigenvalue weighted by Crippen LogP contribution is 2.18. The minimum atomic E-state index is -4.01. The van der Waals surface area contributed by atoms with Crippen LogP contribution in [0.1, 0.15) is 20.3 Å². The fourth-order valence-electron chi connectivity index (χ4n) is 1.75. The van der Waals surface area contributed by atoms with Crippen LogP contribution in [0, 0.1) is 11.7 Å². The summed E-state index contributed by atoms with van der Waals surface area (Å²) in [6.07, 6.45) is 0.465. The molecular weight excluding hydrogens is 271 g/mol. The van der Waals surface area contributed by atoms with Crippen LogP contribution >= 0.6 is 0 Å². The first kappa shape index (κ1) is 15.9. The third-order valence-electron chi connectivity index (χ3n) is 2.54. The Balaban J connectivity index is 2.97. The van der Waals surface area contributed by atoms with Gasteiger partial charge in [-0.1, -0.05) is 13.8 Å². The Morgan fingerprint density at radius 2 is 2.05 bits per heavy atom. The van der Waals surface area contributed by atoms with Gasteiger partial charge in [0.25, 0.3) is 0 Å². The van der Waals surface area contributed by atoms with Gasteiger partial charge in [0.05, 0.1) is 6.61 Å². The Kier molecular flexibility index (Phi) is 5.28. The van der Waals surface area contributed by atoms with Gasteiger partial charge in [-0.25, -0.2) is 17.5 Å². The maximum atomic E-state index is 13.6. The van der Waals surface area contributed by atoms with Crippen LogP contribution < -0.4 is 10.5 Å². The second kappa shape index (κ2) is 6.31. The molecular formula is C12H19FN2O3S. The molecule has 5 nitrogen and oxygen atoms in total. The molecule has 0 radical (unpaired) electrons. The van der Waals surface area contributed by atoms with E-state index >= 15 is 0 Å². The number of nitrogens with one attached hydrogen (secondary N) is 1. The van der Waals surface area contributed by atoms with Gasteiger partial charge in [-0.05, 0) is 30.5 Å². The molecule has 0 aliphatic rings. The lowest BCUT2D eigenvalue weighted by Crippen LogP contribution is -2.38. The van der Waals surface area contributed by atoms with Crippen LogP contribution in [0.25, 0.3) is 0 Å². The molecule has 0 amide bonds. The van der Waals surface area contributed by atoms with Crippen molar-refractivity contribution >= 4 is 15.7 Å². The van der Waals surface area contributed by atoms with E-state index in [0.717, 1.165) is 12.1 Å². The van der Waals surface area contributed by atoms with E-state index < -0.39 is 26.8 Å². The third kappa shape index (κ3) is 4.45. The van der Waals surface area contributed by atoms with Gasteiger partial charge in [0.2, 0.25) is 10.0 Å². The van der Waals surface area contributed by atoms with E-state index in [1.807, 2.05) is 13.8 Å². The molecule has 0 saturated heterocycles. The summed E-state index contributed by atoms with van der Waals surface area (Å²) in [5.74, 6) is -0.704. The molecule has 0 aliphatic carbocycles. The average molecular weight is 290 g/mol. The van der Waals surface area contributed by atoms with Gasteiger partial charge in [-0.3, -0.25) is 0 Å². The number of nitrogen functional groups attached to an aromatic ring is 1. The topological polar surface area (TPSA) is 92.4 Å². The second-order valence-electron chi connectivity index (χ2n) is 4.82. The molecule has 0 aromatic heterocycles. The molecule has 108 valence electrons. The second-order valence-corrected chi connectivity index (χ2v) is 6.50. The molecule has 0 heterocycles. The smallest absolute Gasteiger partial charge is 0.243 e. The van der Waals surface area contributed by atoms with Crippen LogP contribution in [0.15, 0.2) is 23.1 Å². The predicted molar refractivity (Wildman–Crippen MR) is 71.5 cm³/mol. The fourth-order valence-corrected chi connectivity index (χ4v) is 3.05. The Hall–Kier alpha value is -1.18. The van der Waals surface area contributed by atoms with Crippen molar-refractivity contribution in [1.82, 2.24) is 4.72 Å². The monoisotopic (exact) mass is 290 g/mol. The molecule has 1 rings (SSSR count). The van der Waals surface area contributed by atoms with Crippen molar-refractivity contribution in [2.24, 2.45) is 5.92 Å². The summed E-state index contributed by atoms with van der Waals surface area (Å²) >= 11 is 0. The summed E-state index contributed by atoms with van der Waals surface area (Å²) < 4.78 is 39.9. The number of halogens is 1.